The minimum absolute atomic E-state index is 0. The monoisotopic (exact) mass is 270 g/mol. The van der Waals surface area contributed by atoms with Gasteiger partial charge in [0.25, 0.3) is 11.8 Å². The molecule has 0 fully saturated rings. The highest BCUT2D eigenvalue weighted by atomic mass is 16.2. The van der Waals surface area contributed by atoms with Gasteiger partial charge in [0.05, 0.1) is 0 Å². The number of amides is 3. The molecule has 110 valence electrons. The van der Waals surface area contributed by atoms with Gasteiger partial charge in [-0.25, -0.2) is 0 Å². The Labute approximate surface area is 116 Å². The summed E-state index contributed by atoms with van der Waals surface area (Å²) in [6.45, 7) is 8.95. The normalized spacial score (nSPS) is 13.6. The van der Waals surface area contributed by atoms with E-state index >= 15 is 0 Å². The first kappa shape index (κ1) is 17.4. The second kappa shape index (κ2) is 9.30. The lowest BCUT2D eigenvalue weighted by Crippen LogP contribution is -2.35. The molecule has 3 amide bonds. The SMILES string of the molecule is CC.CC(C)CCNC(=O)CCN1C(=O)C=CC1=O.[HH]. The Morgan fingerprint density at radius 2 is 1.79 bits per heavy atom. The smallest absolute Gasteiger partial charge is 0.253 e. The van der Waals surface area contributed by atoms with Crippen molar-refractivity contribution in [2.24, 2.45) is 5.92 Å². The molecular formula is C14H26N2O3. The van der Waals surface area contributed by atoms with Crippen LogP contribution < -0.4 is 5.32 Å². The molecular weight excluding hydrogens is 244 g/mol. The van der Waals surface area contributed by atoms with E-state index in [-0.39, 0.29) is 32.1 Å². The predicted octanol–water partition coefficient (Wildman–Crippen LogP) is 1.74. The van der Waals surface area contributed by atoms with Gasteiger partial charge in [-0.1, -0.05) is 27.7 Å². The second-order valence-corrected chi connectivity index (χ2v) is 4.44. The first-order valence-corrected chi connectivity index (χ1v) is 6.81. The Morgan fingerprint density at radius 3 is 2.26 bits per heavy atom. The fourth-order valence-corrected chi connectivity index (χ4v) is 1.45. The first-order valence-electron chi connectivity index (χ1n) is 6.81. The van der Waals surface area contributed by atoms with E-state index in [1.54, 1.807) is 0 Å². The molecule has 0 aromatic rings. The number of nitrogens with one attached hydrogen (secondary N) is 1. The van der Waals surface area contributed by atoms with E-state index in [1.165, 1.54) is 12.2 Å². The third kappa shape index (κ3) is 6.74. The van der Waals surface area contributed by atoms with Crippen LogP contribution in [0.25, 0.3) is 0 Å². The Hall–Kier alpha value is -1.65. The van der Waals surface area contributed by atoms with Crippen molar-refractivity contribution in [2.45, 2.75) is 40.5 Å². The van der Waals surface area contributed by atoms with E-state index in [2.05, 4.69) is 19.2 Å². The average molecular weight is 270 g/mol. The van der Waals surface area contributed by atoms with Crippen molar-refractivity contribution in [1.29, 1.82) is 0 Å². The zero-order valence-corrected chi connectivity index (χ0v) is 12.2. The van der Waals surface area contributed by atoms with Crippen LogP contribution in [0.3, 0.4) is 0 Å². The molecule has 0 bridgehead atoms. The number of imide groups is 1. The van der Waals surface area contributed by atoms with E-state index in [1.807, 2.05) is 13.8 Å². The van der Waals surface area contributed by atoms with Gasteiger partial charge in [-0.2, -0.15) is 0 Å². The van der Waals surface area contributed by atoms with Gasteiger partial charge in [0.15, 0.2) is 0 Å². The summed E-state index contributed by atoms with van der Waals surface area (Å²) in [6.07, 6.45) is 3.53. The van der Waals surface area contributed by atoms with Gasteiger partial charge in [-0.05, 0) is 12.3 Å². The maximum atomic E-state index is 11.4. The van der Waals surface area contributed by atoms with E-state index in [0.29, 0.717) is 12.5 Å². The van der Waals surface area contributed by atoms with Gasteiger partial charge in [0.1, 0.15) is 0 Å². The number of rotatable bonds is 6. The van der Waals surface area contributed by atoms with Crippen LogP contribution in [-0.2, 0) is 14.4 Å². The van der Waals surface area contributed by atoms with Crippen LogP contribution in [0, 0.1) is 5.92 Å². The maximum Gasteiger partial charge on any atom is 0.253 e. The Morgan fingerprint density at radius 1 is 1.26 bits per heavy atom. The van der Waals surface area contributed by atoms with E-state index in [4.69, 9.17) is 0 Å². The third-order valence-corrected chi connectivity index (χ3v) is 2.51. The zero-order chi connectivity index (χ0) is 14.8. The fourth-order valence-electron chi connectivity index (χ4n) is 1.45. The fraction of sp³-hybridized carbons (Fsp3) is 0.643. The van der Waals surface area contributed by atoms with E-state index in [9.17, 15) is 14.4 Å². The zero-order valence-electron chi connectivity index (χ0n) is 12.2. The summed E-state index contributed by atoms with van der Waals surface area (Å²) in [5, 5.41) is 2.76. The maximum absolute atomic E-state index is 11.4. The number of hydrogen-bond acceptors (Lipinski definition) is 3. The lowest BCUT2D eigenvalue weighted by Gasteiger charge is -2.13. The molecule has 1 aliphatic rings. The Bertz CT molecular complexity index is 336. The number of hydrogen-bond donors (Lipinski definition) is 1. The molecule has 0 aliphatic carbocycles. The molecule has 0 spiro atoms. The highest BCUT2D eigenvalue weighted by Gasteiger charge is 2.23. The Balaban J connectivity index is 0. The number of nitrogens with zero attached hydrogens (tertiary/aromatic N) is 1. The van der Waals surface area contributed by atoms with Crippen LogP contribution in [-0.4, -0.2) is 35.7 Å². The molecule has 0 aromatic heterocycles. The van der Waals surface area contributed by atoms with E-state index < -0.39 is 0 Å². The van der Waals surface area contributed by atoms with Crippen LogP contribution in [0.5, 0.6) is 0 Å². The summed E-state index contributed by atoms with van der Waals surface area (Å²) in [6, 6.07) is 0. The molecule has 1 rings (SSSR count). The molecule has 1 N–H and O–H groups in total. The summed E-state index contributed by atoms with van der Waals surface area (Å²) >= 11 is 0. The van der Waals surface area contributed by atoms with Gasteiger partial charge in [-0.3, -0.25) is 19.3 Å². The molecule has 0 saturated carbocycles. The van der Waals surface area contributed by atoms with Gasteiger partial charge in [0.2, 0.25) is 5.91 Å². The summed E-state index contributed by atoms with van der Waals surface area (Å²) in [7, 11) is 0. The molecule has 1 heterocycles. The van der Waals surface area contributed by atoms with Gasteiger partial charge >= 0.3 is 0 Å². The van der Waals surface area contributed by atoms with Crippen LogP contribution in [0.2, 0.25) is 0 Å². The van der Waals surface area contributed by atoms with Crippen LogP contribution in [0.15, 0.2) is 12.2 Å². The second-order valence-electron chi connectivity index (χ2n) is 4.44. The van der Waals surface area contributed by atoms with Gasteiger partial charge in [-0.15, -0.1) is 0 Å². The minimum atomic E-state index is -0.343. The lowest BCUT2D eigenvalue weighted by atomic mass is 10.1. The minimum Gasteiger partial charge on any atom is -0.356 e. The van der Waals surface area contributed by atoms with Crippen molar-refractivity contribution in [3.63, 3.8) is 0 Å². The van der Waals surface area contributed by atoms with Crippen molar-refractivity contribution in [3.05, 3.63) is 12.2 Å². The molecule has 0 atom stereocenters. The van der Waals surface area contributed by atoms with Crippen LogP contribution in [0.4, 0.5) is 0 Å². The molecule has 19 heavy (non-hydrogen) atoms. The van der Waals surface area contributed by atoms with Crippen molar-refractivity contribution in [1.82, 2.24) is 10.2 Å². The largest absolute Gasteiger partial charge is 0.356 e. The molecule has 5 heteroatoms. The molecule has 0 saturated heterocycles. The summed E-state index contributed by atoms with van der Waals surface area (Å²) in [5.74, 6) is -0.269. The lowest BCUT2D eigenvalue weighted by molar-refractivity contribution is -0.137. The van der Waals surface area contributed by atoms with Gasteiger partial charge < -0.3 is 5.32 Å². The number of carbonyl (C=O) groups excluding carboxylic acids is 3. The van der Waals surface area contributed by atoms with Crippen LogP contribution in [0.1, 0.15) is 42.0 Å². The first-order chi connectivity index (χ1) is 9.00. The van der Waals surface area contributed by atoms with Gasteiger partial charge in [0, 0.05) is 33.1 Å². The van der Waals surface area contributed by atoms with Crippen LogP contribution >= 0.6 is 0 Å². The third-order valence-electron chi connectivity index (χ3n) is 2.51. The summed E-state index contributed by atoms with van der Waals surface area (Å²) in [4.78, 5) is 34.9. The van der Waals surface area contributed by atoms with Crippen molar-refractivity contribution in [3.8, 4) is 0 Å². The summed E-state index contributed by atoms with van der Waals surface area (Å²) in [5.41, 5.74) is 0. The molecule has 0 aromatic carbocycles. The summed E-state index contributed by atoms with van der Waals surface area (Å²) < 4.78 is 0. The Kier molecular flexibility index (Phi) is 8.49. The highest BCUT2D eigenvalue weighted by Crippen LogP contribution is 2.04. The number of carbonyl (C=O) groups is 3. The molecule has 1 aliphatic heterocycles. The standard InChI is InChI=1S/C12H18N2O3.C2H6.H2/c1-9(2)5-7-13-10(15)6-8-14-11(16)3-4-12(14)17;1-2;/h3-4,9H,5-8H2,1-2H3,(H,13,15);1-2H3;1H. The van der Waals surface area contributed by atoms with Crippen molar-refractivity contribution < 1.29 is 15.8 Å². The molecule has 0 radical (unpaired) electrons. The van der Waals surface area contributed by atoms with Crippen molar-refractivity contribution in [2.75, 3.05) is 13.1 Å². The van der Waals surface area contributed by atoms with E-state index in [0.717, 1.165) is 11.3 Å². The molecule has 5 nitrogen and oxygen atoms in total. The predicted molar refractivity (Wildman–Crippen MR) is 76.4 cm³/mol. The highest BCUT2D eigenvalue weighted by molar-refractivity contribution is 6.13. The topological polar surface area (TPSA) is 66.5 Å². The average Bonchev–Trinajstić information content (AvgIpc) is 2.69. The van der Waals surface area contributed by atoms with Crippen molar-refractivity contribution >= 4 is 17.7 Å². The molecule has 0 unspecified atom stereocenters. The quantitative estimate of drug-likeness (QED) is 0.748.